The van der Waals surface area contributed by atoms with Crippen LogP contribution in [0.3, 0.4) is 0 Å². The molecule has 0 fully saturated rings. The number of hydrogen-bond donors (Lipinski definition) is 2. The summed E-state index contributed by atoms with van der Waals surface area (Å²) >= 11 is 0. The number of hydrogen-bond acceptors (Lipinski definition) is 2. The molecule has 1 amide bonds. The smallest absolute Gasteiger partial charge is 0.326 e. The van der Waals surface area contributed by atoms with Crippen molar-refractivity contribution in [3.8, 4) is 0 Å². The lowest BCUT2D eigenvalue weighted by Gasteiger charge is -2.13. The molecule has 25 heavy (non-hydrogen) atoms. The molecule has 3 rings (SSSR count). The number of aromatic nitrogens is 2. The van der Waals surface area contributed by atoms with E-state index in [0.717, 1.165) is 11.0 Å². The van der Waals surface area contributed by atoms with Gasteiger partial charge < -0.3 is 10.3 Å². The number of nitrogens with zero attached hydrogens (tertiary/aromatic N) is 1. The molecule has 5 nitrogen and oxygen atoms in total. The molecule has 1 unspecified atom stereocenters. The average Bonchev–Trinajstić information content (AvgIpc) is 2.92. The van der Waals surface area contributed by atoms with Gasteiger partial charge in [-0.1, -0.05) is 37.3 Å². The van der Waals surface area contributed by atoms with E-state index in [1.807, 2.05) is 24.3 Å². The van der Waals surface area contributed by atoms with E-state index >= 15 is 0 Å². The maximum Gasteiger partial charge on any atom is 0.326 e. The molecular formula is C19H20FN3O2. The Bertz CT molecular complexity index is 945. The van der Waals surface area contributed by atoms with E-state index in [1.54, 1.807) is 29.7 Å². The summed E-state index contributed by atoms with van der Waals surface area (Å²) in [6.07, 6.45) is 0.339. The van der Waals surface area contributed by atoms with Gasteiger partial charge in [-0.15, -0.1) is 0 Å². The first-order valence-corrected chi connectivity index (χ1v) is 8.25. The quantitative estimate of drug-likeness (QED) is 0.723. The van der Waals surface area contributed by atoms with Gasteiger partial charge >= 0.3 is 5.69 Å². The Kier molecular flexibility index (Phi) is 4.97. The summed E-state index contributed by atoms with van der Waals surface area (Å²) in [6.45, 7) is 2.48. The van der Waals surface area contributed by atoms with Gasteiger partial charge in [0.15, 0.2) is 0 Å². The third-order valence-electron chi connectivity index (χ3n) is 4.25. The van der Waals surface area contributed by atoms with Crippen molar-refractivity contribution in [3.05, 3.63) is 70.4 Å². The molecular weight excluding hydrogens is 321 g/mol. The van der Waals surface area contributed by atoms with Gasteiger partial charge in [0.2, 0.25) is 5.91 Å². The van der Waals surface area contributed by atoms with Crippen LogP contribution in [0.5, 0.6) is 0 Å². The van der Waals surface area contributed by atoms with Crippen molar-refractivity contribution in [2.75, 3.05) is 6.54 Å². The van der Waals surface area contributed by atoms with Crippen LogP contribution in [0.15, 0.2) is 53.3 Å². The molecule has 3 aromatic rings. The van der Waals surface area contributed by atoms with Gasteiger partial charge in [0.25, 0.3) is 0 Å². The monoisotopic (exact) mass is 341 g/mol. The van der Waals surface area contributed by atoms with Crippen LogP contribution >= 0.6 is 0 Å². The lowest BCUT2D eigenvalue weighted by atomic mass is 10.00. The SMILES string of the molecule is CC(Cc1ccccc1F)C(=O)NCCn1c(=O)[nH]c2ccccc21. The lowest BCUT2D eigenvalue weighted by molar-refractivity contribution is -0.124. The summed E-state index contributed by atoms with van der Waals surface area (Å²) < 4.78 is 15.3. The van der Waals surface area contributed by atoms with Crippen molar-refractivity contribution >= 4 is 16.9 Å². The second kappa shape index (κ2) is 7.34. The fourth-order valence-electron chi connectivity index (χ4n) is 2.88. The highest BCUT2D eigenvalue weighted by Crippen LogP contribution is 2.13. The minimum absolute atomic E-state index is 0.156. The van der Waals surface area contributed by atoms with Crippen LogP contribution in [0.4, 0.5) is 4.39 Å². The Morgan fingerprint density at radius 1 is 1.20 bits per heavy atom. The minimum atomic E-state index is -0.350. The van der Waals surface area contributed by atoms with Gasteiger partial charge in [-0.3, -0.25) is 9.36 Å². The first-order chi connectivity index (χ1) is 12.1. The molecule has 0 saturated carbocycles. The van der Waals surface area contributed by atoms with E-state index in [4.69, 9.17) is 0 Å². The van der Waals surface area contributed by atoms with Crippen molar-refractivity contribution in [2.45, 2.75) is 19.9 Å². The highest BCUT2D eigenvalue weighted by Gasteiger charge is 2.15. The number of nitrogens with one attached hydrogen (secondary N) is 2. The maximum atomic E-state index is 13.7. The first-order valence-electron chi connectivity index (χ1n) is 8.25. The number of amides is 1. The fourth-order valence-corrected chi connectivity index (χ4v) is 2.88. The number of carbonyl (C=O) groups is 1. The molecule has 1 atom stereocenters. The number of halogens is 1. The van der Waals surface area contributed by atoms with E-state index in [9.17, 15) is 14.0 Å². The zero-order valence-corrected chi connectivity index (χ0v) is 14.0. The Labute approximate surface area is 144 Å². The molecule has 0 aliphatic heterocycles. The minimum Gasteiger partial charge on any atom is -0.354 e. The standard InChI is InChI=1S/C19H20FN3O2/c1-13(12-14-6-2-3-7-15(14)20)18(24)21-10-11-23-17-9-5-4-8-16(17)22-19(23)25/h2-9,13H,10-12H2,1H3,(H,21,24)(H,22,25). The Morgan fingerprint density at radius 2 is 1.92 bits per heavy atom. The number of H-pyrrole nitrogens is 1. The van der Waals surface area contributed by atoms with Crippen LogP contribution in [-0.2, 0) is 17.8 Å². The van der Waals surface area contributed by atoms with Crippen LogP contribution in [0.25, 0.3) is 11.0 Å². The van der Waals surface area contributed by atoms with E-state index < -0.39 is 0 Å². The molecule has 0 spiro atoms. The van der Waals surface area contributed by atoms with Crippen LogP contribution in [0, 0.1) is 11.7 Å². The lowest BCUT2D eigenvalue weighted by Crippen LogP contribution is -2.34. The Morgan fingerprint density at radius 3 is 2.72 bits per heavy atom. The van der Waals surface area contributed by atoms with E-state index in [-0.39, 0.29) is 23.3 Å². The second-order valence-corrected chi connectivity index (χ2v) is 6.09. The fraction of sp³-hybridized carbons (Fsp3) is 0.263. The molecule has 0 aliphatic carbocycles. The summed E-state index contributed by atoms with van der Waals surface area (Å²) in [5, 5.41) is 2.82. The van der Waals surface area contributed by atoms with Gasteiger partial charge in [0, 0.05) is 19.0 Å². The summed E-state index contributed by atoms with van der Waals surface area (Å²) in [5.74, 6) is -0.805. The summed E-state index contributed by atoms with van der Waals surface area (Å²) in [5.41, 5.74) is 1.90. The van der Waals surface area contributed by atoms with Gasteiger partial charge in [-0.05, 0) is 30.2 Å². The second-order valence-electron chi connectivity index (χ2n) is 6.09. The van der Waals surface area contributed by atoms with Crippen LogP contribution in [-0.4, -0.2) is 22.0 Å². The molecule has 0 radical (unpaired) electrons. The molecule has 0 saturated heterocycles. The number of fused-ring (bicyclic) bond motifs is 1. The summed E-state index contributed by atoms with van der Waals surface area (Å²) in [4.78, 5) is 27.0. The molecule has 2 aromatic carbocycles. The number of carbonyl (C=O) groups excluding carboxylic acids is 1. The summed E-state index contributed by atoms with van der Waals surface area (Å²) in [6, 6.07) is 13.9. The van der Waals surface area contributed by atoms with Crippen molar-refractivity contribution in [3.63, 3.8) is 0 Å². The van der Waals surface area contributed by atoms with Crippen molar-refractivity contribution < 1.29 is 9.18 Å². The number of benzene rings is 2. The number of aromatic amines is 1. The predicted octanol–water partition coefficient (Wildman–Crippen LogP) is 2.46. The zero-order chi connectivity index (χ0) is 17.8. The normalized spacial score (nSPS) is 12.2. The van der Waals surface area contributed by atoms with Crippen molar-refractivity contribution in [1.29, 1.82) is 0 Å². The number of para-hydroxylation sites is 2. The topological polar surface area (TPSA) is 66.9 Å². The van der Waals surface area contributed by atoms with Crippen LogP contribution < -0.4 is 11.0 Å². The van der Waals surface area contributed by atoms with E-state index in [2.05, 4.69) is 10.3 Å². The molecule has 0 bridgehead atoms. The number of imidazole rings is 1. The first kappa shape index (κ1) is 17.0. The largest absolute Gasteiger partial charge is 0.354 e. The average molecular weight is 341 g/mol. The Hall–Kier alpha value is -2.89. The van der Waals surface area contributed by atoms with E-state index in [0.29, 0.717) is 25.1 Å². The molecule has 6 heteroatoms. The molecule has 1 heterocycles. The third kappa shape index (κ3) is 3.79. The zero-order valence-electron chi connectivity index (χ0n) is 14.0. The highest BCUT2D eigenvalue weighted by molar-refractivity contribution is 5.78. The van der Waals surface area contributed by atoms with Gasteiger partial charge in [0.05, 0.1) is 11.0 Å². The third-order valence-corrected chi connectivity index (χ3v) is 4.25. The van der Waals surface area contributed by atoms with Crippen molar-refractivity contribution in [1.82, 2.24) is 14.9 Å². The van der Waals surface area contributed by atoms with Crippen LogP contribution in [0.1, 0.15) is 12.5 Å². The molecule has 1 aromatic heterocycles. The predicted molar refractivity (Wildman–Crippen MR) is 94.8 cm³/mol. The maximum absolute atomic E-state index is 13.7. The molecule has 130 valence electrons. The van der Waals surface area contributed by atoms with Gasteiger partial charge in [-0.25, -0.2) is 9.18 Å². The molecule has 2 N–H and O–H groups in total. The number of rotatable bonds is 6. The van der Waals surface area contributed by atoms with Gasteiger partial charge in [-0.2, -0.15) is 0 Å². The Balaban J connectivity index is 1.58. The highest BCUT2D eigenvalue weighted by atomic mass is 19.1. The van der Waals surface area contributed by atoms with Crippen molar-refractivity contribution in [2.24, 2.45) is 5.92 Å². The van der Waals surface area contributed by atoms with E-state index in [1.165, 1.54) is 6.07 Å². The van der Waals surface area contributed by atoms with Crippen LogP contribution in [0.2, 0.25) is 0 Å². The van der Waals surface area contributed by atoms with Gasteiger partial charge in [0.1, 0.15) is 5.82 Å². The molecule has 0 aliphatic rings. The summed E-state index contributed by atoms with van der Waals surface area (Å²) in [7, 11) is 0.